The molecule has 2 heterocycles. The van der Waals surface area contributed by atoms with Crippen LogP contribution in [0.3, 0.4) is 0 Å². The molecule has 1 N–H and O–H groups in total. The first-order valence-electron chi connectivity index (χ1n) is 7.84. The number of carbonyl (C=O) groups is 2. The van der Waals surface area contributed by atoms with Crippen LogP contribution in [0.1, 0.15) is 18.4 Å². The molecule has 0 saturated carbocycles. The van der Waals surface area contributed by atoms with Gasteiger partial charge in [0.25, 0.3) is 0 Å². The van der Waals surface area contributed by atoms with E-state index in [0.29, 0.717) is 42.5 Å². The van der Waals surface area contributed by atoms with E-state index in [1.807, 2.05) is 22.4 Å². The molecule has 5 nitrogen and oxygen atoms in total. The highest BCUT2D eigenvalue weighted by molar-refractivity contribution is 7.13. The van der Waals surface area contributed by atoms with Crippen molar-refractivity contribution in [3.63, 3.8) is 0 Å². The molecule has 0 radical (unpaired) electrons. The van der Waals surface area contributed by atoms with Crippen molar-refractivity contribution in [2.45, 2.75) is 19.3 Å². The zero-order valence-corrected chi connectivity index (χ0v) is 14.6. The molecular weight excluding hydrogens is 346 g/mol. The number of hydrogen-bond acceptors (Lipinski definition) is 4. The predicted molar refractivity (Wildman–Crippen MR) is 95.2 cm³/mol. The summed E-state index contributed by atoms with van der Waals surface area (Å²) >= 11 is 7.26. The number of halogens is 1. The molecular formula is C17H18ClN3O2S. The van der Waals surface area contributed by atoms with Crippen LogP contribution >= 0.6 is 22.9 Å². The lowest BCUT2D eigenvalue weighted by Crippen LogP contribution is -2.42. The number of aromatic nitrogens is 1. The fourth-order valence-corrected chi connectivity index (χ4v) is 3.43. The number of amides is 2. The highest BCUT2D eigenvalue weighted by atomic mass is 35.5. The Morgan fingerprint density at radius 1 is 1.25 bits per heavy atom. The van der Waals surface area contributed by atoms with Crippen molar-refractivity contribution in [1.82, 2.24) is 9.88 Å². The summed E-state index contributed by atoms with van der Waals surface area (Å²) in [6.45, 7) is 1.23. The SMILES string of the molecule is O=C(Nc1nccs1)C1CCN(C(=O)Cc2ccc(Cl)cc2)CC1. The lowest BCUT2D eigenvalue weighted by atomic mass is 9.95. The van der Waals surface area contributed by atoms with E-state index in [9.17, 15) is 9.59 Å². The fourth-order valence-electron chi connectivity index (χ4n) is 2.77. The van der Waals surface area contributed by atoms with Crippen molar-refractivity contribution in [3.8, 4) is 0 Å². The van der Waals surface area contributed by atoms with Crippen LogP contribution in [-0.2, 0) is 16.0 Å². The molecule has 3 rings (SSSR count). The van der Waals surface area contributed by atoms with E-state index >= 15 is 0 Å². The third-order valence-corrected chi connectivity index (χ3v) is 5.09. The lowest BCUT2D eigenvalue weighted by Gasteiger charge is -2.31. The van der Waals surface area contributed by atoms with Gasteiger partial charge >= 0.3 is 0 Å². The first-order valence-corrected chi connectivity index (χ1v) is 9.10. The molecule has 126 valence electrons. The molecule has 7 heteroatoms. The molecule has 0 atom stereocenters. The van der Waals surface area contributed by atoms with Gasteiger partial charge in [-0.05, 0) is 30.5 Å². The summed E-state index contributed by atoms with van der Waals surface area (Å²) in [4.78, 5) is 30.5. The van der Waals surface area contributed by atoms with Gasteiger partial charge in [-0.2, -0.15) is 0 Å². The van der Waals surface area contributed by atoms with Crippen molar-refractivity contribution >= 4 is 39.9 Å². The minimum absolute atomic E-state index is 0.00486. The fraction of sp³-hybridized carbons (Fsp3) is 0.353. The molecule has 0 unspecified atom stereocenters. The van der Waals surface area contributed by atoms with Gasteiger partial charge in [-0.1, -0.05) is 23.7 Å². The number of benzene rings is 1. The number of piperidine rings is 1. The van der Waals surface area contributed by atoms with Crippen LogP contribution in [0.5, 0.6) is 0 Å². The maximum atomic E-state index is 12.4. The topological polar surface area (TPSA) is 62.3 Å². The van der Waals surface area contributed by atoms with Gasteiger partial charge in [-0.15, -0.1) is 11.3 Å². The summed E-state index contributed by atoms with van der Waals surface area (Å²) in [6.07, 6.45) is 3.40. The smallest absolute Gasteiger partial charge is 0.229 e. The Morgan fingerprint density at radius 3 is 2.58 bits per heavy atom. The summed E-state index contributed by atoms with van der Waals surface area (Å²) in [6, 6.07) is 7.32. The quantitative estimate of drug-likeness (QED) is 0.907. The predicted octanol–water partition coefficient (Wildman–Crippen LogP) is 3.22. The van der Waals surface area contributed by atoms with Crippen molar-refractivity contribution in [3.05, 3.63) is 46.4 Å². The van der Waals surface area contributed by atoms with Crippen LogP contribution in [0, 0.1) is 5.92 Å². The number of nitrogens with zero attached hydrogens (tertiary/aromatic N) is 2. The average Bonchev–Trinajstić information content (AvgIpc) is 3.10. The first kappa shape index (κ1) is 16.9. The van der Waals surface area contributed by atoms with Crippen molar-refractivity contribution in [2.24, 2.45) is 5.92 Å². The number of likely N-dealkylation sites (tertiary alicyclic amines) is 1. The zero-order chi connectivity index (χ0) is 16.9. The molecule has 2 amide bonds. The largest absolute Gasteiger partial charge is 0.342 e. The Bertz CT molecular complexity index is 695. The minimum atomic E-state index is -0.0616. The molecule has 1 aromatic carbocycles. The maximum Gasteiger partial charge on any atom is 0.229 e. The first-order chi connectivity index (χ1) is 11.6. The Hall–Kier alpha value is -1.92. The van der Waals surface area contributed by atoms with Crippen LogP contribution in [-0.4, -0.2) is 34.8 Å². The molecule has 1 aliphatic heterocycles. The Morgan fingerprint density at radius 2 is 1.96 bits per heavy atom. The molecule has 1 fully saturated rings. The lowest BCUT2D eigenvalue weighted by molar-refractivity contribution is -0.133. The molecule has 1 saturated heterocycles. The number of carbonyl (C=O) groups excluding carboxylic acids is 2. The molecule has 2 aromatic rings. The second-order valence-corrected chi connectivity index (χ2v) is 7.12. The minimum Gasteiger partial charge on any atom is -0.342 e. The van der Waals surface area contributed by atoms with E-state index in [4.69, 9.17) is 11.6 Å². The van der Waals surface area contributed by atoms with Gasteiger partial charge in [0.1, 0.15) is 0 Å². The maximum absolute atomic E-state index is 12.4. The Labute approximate surface area is 149 Å². The van der Waals surface area contributed by atoms with Gasteiger partial charge in [-0.3, -0.25) is 9.59 Å². The summed E-state index contributed by atoms with van der Waals surface area (Å²) < 4.78 is 0. The van der Waals surface area contributed by atoms with Crippen LogP contribution < -0.4 is 5.32 Å². The van der Waals surface area contributed by atoms with E-state index in [1.54, 1.807) is 18.3 Å². The standard InChI is InChI=1S/C17H18ClN3O2S/c18-14-3-1-12(2-4-14)11-15(22)21-8-5-13(6-9-21)16(23)20-17-19-7-10-24-17/h1-4,7,10,13H,5-6,8-9,11H2,(H,19,20,23). The Balaban J connectivity index is 1.48. The molecule has 0 aliphatic carbocycles. The van der Waals surface area contributed by atoms with Gasteiger partial charge in [0.2, 0.25) is 11.8 Å². The van der Waals surface area contributed by atoms with Gasteiger partial charge in [-0.25, -0.2) is 4.98 Å². The van der Waals surface area contributed by atoms with Gasteiger partial charge < -0.3 is 10.2 Å². The highest BCUT2D eigenvalue weighted by Crippen LogP contribution is 2.21. The van der Waals surface area contributed by atoms with Gasteiger partial charge in [0, 0.05) is 35.6 Å². The van der Waals surface area contributed by atoms with E-state index < -0.39 is 0 Å². The number of thiazole rings is 1. The summed E-state index contributed by atoms with van der Waals surface area (Å²) in [5.74, 6) is 0.0272. The Kier molecular flexibility index (Phi) is 5.48. The zero-order valence-electron chi connectivity index (χ0n) is 13.1. The molecule has 0 spiro atoms. The number of nitrogens with one attached hydrogen (secondary N) is 1. The molecule has 0 bridgehead atoms. The summed E-state index contributed by atoms with van der Waals surface area (Å²) in [5, 5.41) is 5.95. The number of rotatable bonds is 4. The highest BCUT2D eigenvalue weighted by Gasteiger charge is 2.27. The normalized spacial score (nSPS) is 15.3. The third kappa shape index (κ3) is 4.33. The molecule has 1 aromatic heterocycles. The van der Waals surface area contributed by atoms with E-state index in [1.165, 1.54) is 11.3 Å². The van der Waals surface area contributed by atoms with Crippen LogP contribution in [0.2, 0.25) is 5.02 Å². The summed E-state index contributed by atoms with van der Waals surface area (Å²) in [5.41, 5.74) is 0.952. The summed E-state index contributed by atoms with van der Waals surface area (Å²) in [7, 11) is 0. The van der Waals surface area contributed by atoms with E-state index in [2.05, 4.69) is 10.3 Å². The van der Waals surface area contributed by atoms with E-state index in [-0.39, 0.29) is 17.7 Å². The molecule has 24 heavy (non-hydrogen) atoms. The third-order valence-electron chi connectivity index (χ3n) is 4.15. The van der Waals surface area contributed by atoms with Crippen LogP contribution in [0.4, 0.5) is 5.13 Å². The second kappa shape index (κ2) is 7.77. The van der Waals surface area contributed by atoms with Crippen molar-refractivity contribution in [1.29, 1.82) is 0 Å². The van der Waals surface area contributed by atoms with Gasteiger partial charge in [0.15, 0.2) is 5.13 Å². The number of hydrogen-bond donors (Lipinski definition) is 1. The molecule has 1 aliphatic rings. The van der Waals surface area contributed by atoms with E-state index in [0.717, 1.165) is 5.56 Å². The monoisotopic (exact) mass is 363 g/mol. The van der Waals surface area contributed by atoms with Crippen molar-refractivity contribution in [2.75, 3.05) is 18.4 Å². The van der Waals surface area contributed by atoms with Gasteiger partial charge in [0.05, 0.1) is 6.42 Å². The van der Waals surface area contributed by atoms with Crippen LogP contribution in [0.25, 0.3) is 0 Å². The average molecular weight is 364 g/mol. The van der Waals surface area contributed by atoms with Crippen LogP contribution in [0.15, 0.2) is 35.8 Å². The number of anilines is 1. The van der Waals surface area contributed by atoms with Crippen molar-refractivity contribution < 1.29 is 9.59 Å². The second-order valence-electron chi connectivity index (χ2n) is 5.78.